The SMILES string of the molecule is CC(NCCOCC(N)=O)C(=O)N1CCCCCC1. The molecule has 1 aliphatic rings. The van der Waals surface area contributed by atoms with Crippen molar-refractivity contribution in [1.82, 2.24) is 10.2 Å². The molecule has 0 saturated carbocycles. The quantitative estimate of drug-likeness (QED) is 0.632. The molecule has 0 aromatic carbocycles. The highest BCUT2D eigenvalue weighted by atomic mass is 16.5. The maximum Gasteiger partial charge on any atom is 0.243 e. The van der Waals surface area contributed by atoms with E-state index in [0.717, 1.165) is 25.9 Å². The van der Waals surface area contributed by atoms with Crippen LogP contribution in [-0.2, 0) is 14.3 Å². The Morgan fingerprint density at radius 3 is 2.47 bits per heavy atom. The van der Waals surface area contributed by atoms with Crippen molar-refractivity contribution in [2.24, 2.45) is 5.73 Å². The fraction of sp³-hybridized carbons (Fsp3) is 0.846. The first-order valence-electron chi connectivity index (χ1n) is 6.99. The van der Waals surface area contributed by atoms with E-state index in [1.165, 1.54) is 12.8 Å². The first kappa shape index (κ1) is 15.9. The van der Waals surface area contributed by atoms with Crippen molar-refractivity contribution in [2.75, 3.05) is 32.8 Å². The minimum absolute atomic E-state index is 0.0733. The number of nitrogens with one attached hydrogen (secondary N) is 1. The summed E-state index contributed by atoms with van der Waals surface area (Å²) in [6.07, 6.45) is 4.62. The van der Waals surface area contributed by atoms with Crippen LogP contribution in [0.25, 0.3) is 0 Å². The van der Waals surface area contributed by atoms with Gasteiger partial charge in [-0.3, -0.25) is 9.59 Å². The van der Waals surface area contributed by atoms with Crippen LogP contribution in [0.2, 0.25) is 0 Å². The van der Waals surface area contributed by atoms with Crippen LogP contribution in [0.15, 0.2) is 0 Å². The first-order chi connectivity index (χ1) is 9.11. The molecule has 0 spiro atoms. The summed E-state index contributed by atoms with van der Waals surface area (Å²) < 4.78 is 5.03. The van der Waals surface area contributed by atoms with Crippen molar-refractivity contribution in [2.45, 2.75) is 38.6 Å². The number of carbonyl (C=O) groups is 2. The molecule has 1 unspecified atom stereocenters. The van der Waals surface area contributed by atoms with E-state index in [4.69, 9.17) is 10.5 Å². The van der Waals surface area contributed by atoms with Gasteiger partial charge in [-0.05, 0) is 19.8 Å². The van der Waals surface area contributed by atoms with E-state index in [9.17, 15) is 9.59 Å². The molecule has 1 saturated heterocycles. The number of amides is 2. The minimum Gasteiger partial charge on any atom is -0.370 e. The van der Waals surface area contributed by atoms with Crippen molar-refractivity contribution in [3.05, 3.63) is 0 Å². The third-order valence-corrected chi connectivity index (χ3v) is 3.23. The third kappa shape index (κ3) is 6.54. The number of hydrogen-bond donors (Lipinski definition) is 2. The Kier molecular flexibility index (Phi) is 7.43. The third-order valence-electron chi connectivity index (χ3n) is 3.23. The van der Waals surface area contributed by atoms with E-state index < -0.39 is 5.91 Å². The van der Waals surface area contributed by atoms with Crippen LogP contribution in [0.3, 0.4) is 0 Å². The molecule has 3 N–H and O–H groups in total. The fourth-order valence-electron chi connectivity index (χ4n) is 2.17. The fourth-order valence-corrected chi connectivity index (χ4v) is 2.17. The Hall–Kier alpha value is -1.14. The van der Waals surface area contributed by atoms with Gasteiger partial charge in [0.15, 0.2) is 0 Å². The van der Waals surface area contributed by atoms with E-state index >= 15 is 0 Å². The summed E-state index contributed by atoms with van der Waals surface area (Å²) in [7, 11) is 0. The molecule has 0 aliphatic carbocycles. The summed E-state index contributed by atoms with van der Waals surface area (Å²) in [5, 5.41) is 3.11. The summed E-state index contributed by atoms with van der Waals surface area (Å²) >= 11 is 0. The average molecular weight is 271 g/mol. The zero-order valence-electron chi connectivity index (χ0n) is 11.7. The normalized spacial score (nSPS) is 17.8. The Bertz CT molecular complexity index is 289. The molecular formula is C13H25N3O3. The Morgan fingerprint density at radius 1 is 1.26 bits per heavy atom. The van der Waals surface area contributed by atoms with Crippen LogP contribution in [-0.4, -0.2) is 55.6 Å². The molecule has 6 heteroatoms. The van der Waals surface area contributed by atoms with Gasteiger partial charge in [-0.15, -0.1) is 0 Å². The number of primary amides is 1. The van der Waals surface area contributed by atoms with Gasteiger partial charge in [0.25, 0.3) is 0 Å². The Morgan fingerprint density at radius 2 is 1.89 bits per heavy atom. The standard InChI is InChI=1S/C13H25N3O3/c1-11(15-6-9-19-10-12(14)17)13(18)16-7-4-2-3-5-8-16/h11,15H,2-10H2,1H3,(H2,14,17). The second kappa shape index (κ2) is 8.87. The van der Waals surface area contributed by atoms with Gasteiger partial charge < -0.3 is 20.7 Å². The highest BCUT2D eigenvalue weighted by molar-refractivity contribution is 5.81. The second-order valence-electron chi connectivity index (χ2n) is 4.93. The number of rotatable bonds is 7. The molecule has 110 valence electrons. The summed E-state index contributed by atoms with van der Waals surface area (Å²) in [6, 6.07) is -0.213. The summed E-state index contributed by atoms with van der Waals surface area (Å²) in [4.78, 5) is 24.6. The summed E-state index contributed by atoms with van der Waals surface area (Å²) in [5.41, 5.74) is 4.95. The van der Waals surface area contributed by atoms with E-state index in [2.05, 4.69) is 5.32 Å². The molecule has 2 amide bonds. The van der Waals surface area contributed by atoms with Crippen LogP contribution < -0.4 is 11.1 Å². The monoisotopic (exact) mass is 271 g/mol. The highest BCUT2D eigenvalue weighted by Crippen LogP contribution is 2.10. The van der Waals surface area contributed by atoms with Crippen LogP contribution in [0.5, 0.6) is 0 Å². The number of likely N-dealkylation sites (tertiary alicyclic amines) is 1. The van der Waals surface area contributed by atoms with Crippen LogP contribution >= 0.6 is 0 Å². The van der Waals surface area contributed by atoms with Crippen molar-refractivity contribution < 1.29 is 14.3 Å². The van der Waals surface area contributed by atoms with Crippen molar-refractivity contribution in [1.29, 1.82) is 0 Å². The second-order valence-corrected chi connectivity index (χ2v) is 4.93. The zero-order valence-corrected chi connectivity index (χ0v) is 11.7. The molecule has 1 atom stereocenters. The smallest absolute Gasteiger partial charge is 0.243 e. The zero-order chi connectivity index (χ0) is 14.1. The molecule has 0 radical (unpaired) electrons. The lowest BCUT2D eigenvalue weighted by atomic mass is 10.2. The van der Waals surface area contributed by atoms with Crippen molar-refractivity contribution in [3.63, 3.8) is 0 Å². The van der Waals surface area contributed by atoms with Gasteiger partial charge in [0.1, 0.15) is 6.61 Å². The molecule has 0 aromatic heterocycles. The summed E-state index contributed by atoms with van der Waals surface area (Å²) in [6.45, 7) is 4.43. The van der Waals surface area contributed by atoms with Crippen LogP contribution in [0.4, 0.5) is 0 Å². The number of carbonyl (C=O) groups excluding carboxylic acids is 2. The van der Waals surface area contributed by atoms with Gasteiger partial charge in [0, 0.05) is 19.6 Å². The van der Waals surface area contributed by atoms with E-state index in [0.29, 0.717) is 13.2 Å². The molecule has 0 aromatic rings. The molecule has 19 heavy (non-hydrogen) atoms. The van der Waals surface area contributed by atoms with Gasteiger partial charge >= 0.3 is 0 Å². The topological polar surface area (TPSA) is 84.7 Å². The van der Waals surface area contributed by atoms with Gasteiger partial charge in [-0.1, -0.05) is 12.8 Å². The average Bonchev–Trinajstić information content (AvgIpc) is 2.65. The highest BCUT2D eigenvalue weighted by Gasteiger charge is 2.20. The lowest BCUT2D eigenvalue weighted by molar-refractivity contribution is -0.133. The lowest BCUT2D eigenvalue weighted by Gasteiger charge is -2.24. The number of hydrogen-bond acceptors (Lipinski definition) is 4. The number of ether oxygens (including phenoxy) is 1. The molecule has 0 bridgehead atoms. The van der Waals surface area contributed by atoms with Gasteiger partial charge in [-0.25, -0.2) is 0 Å². The van der Waals surface area contributed by atoms with Crippen LogP contribution in [0.1, 0.15) is 32.6 Å². The Balaban J connectivity index is 2.18. The predicted octanol–water partition coefficient (Wildman–Crippen LogP) is -0.131. The Labute approximate surface area is 114 Å². The van der Waals surface area contributed by atoms with Gasteiger partial charge in [-0.2, -0.15) is 0 Å². The lowest BCUT2D eigenvalue weighted by Crippen LogP contribution is -2.46. The van der Waals surface area contributed by atoms with E-state index in [1.54, 1.807) is 0 Å². The maximum absolute atomic E-state index is 12.2. The van der Waals surface area contributed by atoms with Crippen LogP contribution in [0, 0.1) is 0 Å². The predicted molar refractivity (Wildman–Crippen MR) is 72.5 cm³/mol. The first-order valence-corrected chi connectivity index (χ1v) is 6.99. The number of nitrogens with zero attached hydrogens (tertiary/aromatic N) is 1. The minimum atomic E-state index is -0.478. The van der Waals surface area contributed by atoms with E-state index in [-0.39, 0.29) is 18.6 Å². The van der Waals surface area contributed by atoms with Crippen molar-refractivity contribution in [3.8, 4) is 0 Å². The molecule has 1 fully saturated rings. The van der Waals surface area contributed by atoms with Gasteiger partial charge in [0.05, 0.1) is 12.6 Å². The largest absolute Gasteiger partial charge is 0.370 e. The maximum atomic E-state index is 12.2. The molecule has 1 aliphatic heterocycles. The van der Waals surface area contributed by atoms with Gasteiger partial charge in [0.2, 0.25) is 11.8 Å². The van der Waals surface area contributed by atoms with E-state index in [1.807, 2.05) is 11.8 Å². The van der Waals surface area contributed by atoms with Crippen molar-refractivity contribution >= 4 is 11.8 Å². The number of nitrogens with two attached hydrogens (primary N) is 1. The molecule has 1 heterocycles. The molecule has 1 rings (SSSR count). The summed E-state index contributed by atoms with van der Waals surface area (Å²) in [5.74, 6) is -0.328. The molecular weight excluding hydrogens is 246 g/mol. The molecule has 6 nitrogen and oxygen atoms in total.